The molecule has 0 spiro atoms. The molecule has 0 heterocycles. The number of hydrogen-bond acceptors (Lipinski definition) is 4. The van der Waals surface area contributed by atoms with Crippen molar-refractivity contribution in [3.05, 3.63) is 38.8 Å². The molecule has 0 aliphatic rings. The number of nitro groups is 1. The second kappa shape index (κ2) is 4.83. The summed E-state index contributed by atoms with van der Waals surface area (Å²) in [4.78, 5) is 12.6. The molecular weight excluding hydrogens is 200 g/mol. The fourth-order valence-corrected chi connectivity index (χ4v) is 1.04. The first-order valence-electron chi connectivity index (χ1n) is 4.15. The first-order chi connectivity index (χ1) is 7.19. The van der Waals surface area contributed by atoms with Crippen LogP contribution in [0.15, 0.2) is 23.3 Å². The number of nitro benzene ring substituents is 1. The Morgan fingerprint density at radius 3 is 2.93 bits per heavy atom. The second-order valence-corrected chi connectivity index (χ2v) is 2.53. The van der Waals surface area contributed by atoms with Gasteiger partial charge in [-0.3, -0.25) is 10.1 Å². The summed E-state index contributed by atoms with van der Waals surface area (Å²) in [6, 6.07) is 3.94. The molecule has 1 aromatic carbocycles. The topological polar surface area (TPSA) is 101 Å². The van der Waals surface area contributed by atoms with Gasteiger partial charge in [-0.25, -0.2) is 0 Å². The molecule has 0 aliphatic carbocycles. The summed E-state index contributed by atoms with van der Waals surface area (Å²) < 4.78 is 5.06. The van der Waals surface area contributed by atoms with Crippen LogP contribution < -0.4 is 4.74 Å². The molecule has 1 rings (SSSR count). The first kappa shape index (κ1) is 10.8. The van der Waals surface area contributed by atoms with E-state index in [1.165, 1.54) is 18.2 Å². The van der Waals surface area contributed by atoms with Crippen molar-refractivity contribution in [2.24, 2.45) is 5.11 Å². The zero-order valence-electron chi connectivity index (χ0n) is 7.95. The number of nitrogens with zero attached hydrogens (tertiary/aromatic N) is 4. The third-order valence-corrected chi connectivity index (χ3v) is 1.60. The lowest BCUT2D eigenvalue weighted by atomic mass is 10.2. The number of ether oxygens (including phenoxy) is 1. The molecule has 15 heavy (non-hydrogen) atoms. The van der Waals surface area contributed by atoms with E-state index in [2.05, 4.69) is 10.0 Å². The minimum atomic E-state index is -0.551. The molecule has 0 amide bonds. The zero-order valence-corrected chi connectivity index (χ0v) is 7.95. The van der Waals surface area contributed by atoms with Crippen LogP contribution in [0.25, 0.3) is 10.4 Å². The molecule has 0 bridgehead atoms. The van der Waals surface area contributed by atoms with E-state index in [9.17, 15) is 10.1 Å². The van der Waals surface area contributed by atoms with Gasteiger partial charge in [-0.05, 0) is 24.6 Å². The van der Waals surface area contributed by atoms with Crippen molar-refractivity contribution < 1.29 is 9.66 Å². The summed E-state index contributed by atoms with van der Waals surface area (Å²) in [5.41, 5.74) is 8.34. The highest BCUT2D eigenvalue weighted by Crippen LogP contribution is 2.31. The van der Waals surface area contributed by atoms with Gasteiger partial charge in [-0.2, -0.15) is 0 Å². The fraction of sp³-hybridized carbons (Fsp3) is 0.250. The van der Waals surface area contributed by atoms with Crippen LogP contribution in [-0.4, -0.2) is 11.5 Å². The summed E-state index contributed by atoms with van der Waals surface area (Å²) in [5, 5.41) is 13.9. The van der Waals surface area contributed by atoms with Gasteiger partial charge in [-0.1, -0.05) is 5.11 Å². The van der Waals surface area contributed by atoms with Crippen LogP contribution in [0.3, 0.4) is 0 Å². The zero-order chi connectivity index (χ0) is 11.3. The van der Waals surface area contributed by atoms with Crippen molar-refractivity contribution >= 4 is 11.4 Å². The molecule has 7 heteroatoms. The van der Waals surface area contributed by atoms with Gasteiger partial charge in [0.25, 0.3) is 0 Å². The van der Waals surface area contributed by atoms with Crippen LogP contribution in [0.5, 0.6) is 5.75 Å². The Balaban J connectivity index is 3.19. The molecule has 0 fully saturated rings. The van der Waals surface area contributed by atoms with Gasteiger partial charge < -0.3 is 4.74 Å². The summed E-state index contributed by atoms with van der Waals surface area (Å²) in [5.74, 6) is 0.104. The van der Waals surface area contributed by atoms with E-state index in [0.29, 0.717) is 6.61 Å². The van der Waals surface area contributed by atoms with Gasteiger partial charge in [0.05, 0.1) is 11.5 Å². The molecule has 7 nitrogen and oxygen atoms in total. The van der Waals surface area contributed by atoms with Crippen LogP contribution >= 0.6 is 0 Å². The third-order valence-electron chi connectivity index (χ3n) is 1.60. The summed E-state index contributed by atoms with van der Waals surface area (Å²) in [6.45, 7) is 2.02. The van der Waals surface area contributed by atoms with Crippen molar-refractivity contribution in [2.45, 2.75) is 6.92 Å². The lowest BCUT2D eigenvalue weighted by Crippen LogP contribution is -1.96. The van der Waals surface area contributed by atoms with E-state index in [4.69, 9.17) is 10.3 Å². The number of hydrogen-bond donors (Lipinski definition) is 0. The third kappa shape index (κ3) is 2.58. The van der Waals surface area contributed by atoms with Gasteiger partial charge in [0.15, 0.2) is 5.75 Å². The molecule has 0 N–H and O–H groups in total. The number of azide groups is 1. The summed E-state index contributed by atoms with van der Waals surface area (Å²) in [6.07, 6.45) is 0. The minimum Gasteiger partial charge on any atom is -0.487 e. The van der Waals surface area contributed by atoms with Crippen LogP contribution in [0.2, 0.25) is 0 Å². The molecule has 0 saturated carbocycles. The normalized spacial score (nSPS) is 9.13. The van der Waals surface area contributed by atoms with Crippen molar-refractivity contribution in [3.63, 3.8) is 0 Å². The van der Waals surface area contributed by atoms with E-state index in [-0.39, 0.29) is 17.1 Å². The van der Waals surface area contributed by atoms with Crippen molar-refractivity contribution in [1.29, 1.82) is 0 Å². The molecule has 0 saturated heterocycles. The maximum absolute atomic E-state index is 10.6. The molecule has 1 aromatic rings. The van der Waals surface area contributed by atoms with E-state index < -0.39 is 4.92 Å². The van der Waals surface area contributed by atoms with Crippen LogP contribution in [0, 0.1) is 10.1 Å². The minimum absolute atomic E-state index is 0.104. The number of rotatable bonds is 4. The molecule has 0 unspecified atom stereocenters. The standard InChI is InChI=1S/C8H8N4O3/c1-2-15-8-5-6(10-11-9)3-4-7(8)12(13)14/h3-5H,2H2,1H3. The van der Waals surface area contributed by atoms with Gasteiger partial charge in [0, 0.05) is 16.7 Å². The highest BCUT2D eigenvalue weighted by molar-refractivity contribution is 5.55. The van der Waals surface area contributed by atoms with Crippen LogP contribution in [0.4, 0.5) is 11.4 Å². The molecule has 0 aliphatic heterocycles. The maximum Gasteiger partial charge on any atom is 0.310 e. The fourth-order valence-electron chi connectivity index (χ4n) is 1.04. The highest BCUT2D eigenvalue weighted by Gasteiger charge is 2.14. The first-order valence-corrected chi connectivity index (χ1v) is 4.15. The highest BCUT2D eigenvalue weighted by atomic mass is 16.6. The van der Waals surface area contributed by atoms with E-state index in [1.54, 1.807) is 6.92 Å². The second-order valence-electron chi connectivity index (χ2n) is 2.53. The Morgan fingerprint density at radius 1 is 1.67 bits per heavy atom. The van der Waals surface area contributed by atoms with Crippen molar-refractivity contribution in [1.82, 2.24) is 0 Å². The molecule has 0 radical (unpaired) electrons. The predicted octanol–water partition coefficient (Wildman–Crippen LogP) is 2.94. The van der Waals surface area contributed by atoms with E-state index in [0.717, 1.165) is 0 Å². The lowest BCUT2D eigenvalue weighted by molar-refractivity contribution is -0.385. The van der Waals surface area contributed by atoms with Crippen LogP contribution in [0.1, 0.15) is 6.92 Å². The van der Waals surface area contributed by atoms with Crippen molar-refractivity contribution in [2.75, 3.05) is 6.61 Å². The Kier molecular flexibility index (Phi) is 3.48. The average molecular weight is 208 g/mol. The van der Waals surface area contributed by atoms with Gasteiger partial charge in [-0.15, -0.1) is 0 Å². The SMILES string of the molecule is CCOc1cc(N=[N+]=[N-])ccc1[N+](=O)[O-]. The summed E-state index contributed by atoms with van der Waals surface area (Å²) in [7, 11) is 0. The molecule has 0 aromatic heterocycles. The summed E-state index contributed by atoms with van der Waals surface area (Å²) >= 11 is 0. The van der Waals surface area contributed by atoms with Crippen molar-refractivity contribution in [3.8, 4) is 5.75 Å². The molecular formula is C8H8N4O3. The average Bonchev–Trinajstić information content (AvgIpc) is 2.18. The maximum atomic E-state index is 10.6. The Morgan fingerprint density at radius 2 is 2.40 bits per heavy atom. The molecule has 78 valence electrons. The number of benzene rings is 1. The van der Waals surface area contributed by atoms with Gasteiger partial charge in [0.2, 0.25) is 0 Å². The predicted molar refractivity (Wildman–Crippen MR) is 53.1 cm³/mol. The Labute approximate surface area is 85.1 Å². The van der Waals surface area contributed by atoms with Crippen LogP contribution in [-0.2, 0) is 0 Å². The molecule has 0 atom stereocenters. The van der Waals surface area contributed by atoms with Gasteiger partial charge >= 0.3 is 5.69 Å². The smallest absolute Gasteiger partial charge is 0.310 e. The Hall–Kier alpha value is -2.27. The monoisotopic (exact) mass is 208 g/mol. The van der Waals surface area contributed by atoms with Gasteiger partial charge in [0.1, 0.15) is 0 Å². The van der Waals surface area contributed by atoms with E-state index in [1.807, 2.05) is 0 Å². The Bertz CT molecular complexity index is 426. The lowest BCUT2D eigenvalue weighted by Gasteiger charge is -2.03. The van der Waals surface area contributed by atoms with E-state index >= 15 is 0 Å². The largest absolute Gasteiger partial charge is 0.487 e. The quantitative estimate of drug-likeness (QED) is 0.250.